The zero-order valence-corrected chi connectivity index (χ0v) is 22.7. The first-order valence-electron chi connectivity index (χ1n) is 12.1. The third-order valence-electron chi connectivity index (χ3n) is 7.05. The smallest absolute Gasteiger partial charge is 0.410 e. The summed E-state index contributed by atoms with van der Waals surface area (Å²) < 4.78 is 84.3. The number of hydrogen-bond acceptors (Lipinski definition) is 8. The Morgan fingerprint density at radius 3 is 2.54 bits per heavy atom. The number of halogens is 5. The van der Waals surface area contributed by atoms with Crippen LogP contribution in [0.1, 0.15) is 43.2 Å². The van der Waals surface area contributed by atoms with Gasteiger partial charge in [0.2, 0.25) is 5.88 Å². The Bertz CT molecular complexity index is 1380. The minimum absolute atomic E-state index is 0.00935. The molecule has 4 rings (SSSR count). The first kappa shape index (κ1) is 30.4. The highest BCUT2D eigenvalue weighted by atomic mass is 32.3. The molecular formula is C24H27F5N6O5S. The van der Waals surface area contributed by atoms with Crippen LogP contribution in [0, 0.1) is 5.82 Å². The molecule has 1 saturated heterocycles. The second-order valence-corrected chi connectivity index (χ2v) is 13.2. The molecule has 224 valence electrons. The van der Waals surface area contributed by atoms with Crippen LogP contribution in [0.2, 0.25) is 0 Å². The average Bonchev–Trinajstić information content (AvgIpc) is 3.32. The highest BCUT2D eigenvalue weighted by molar-refractivity contribution is 8.29. The zero-order valence-electron chi connectivity index (χ0n) is 21.9. The molecule has 0 bridgehead atoms. The molecule has 1 fully saturated rings. The lowest BCUT2D eigenvalue weighted by atomic mass is 9.85. The number of ether oxygens (including phenoxy) is 1. The van der Waals surface area contributed by atoms with E-state index < -0.39 is 68.7 Å². The lowest BCUT2D eigenvalue weighted by Crippen LogP contribution is -2.59. The van der Waals surface area contributed by atoms with Crippen molar-refractivity contribution in [1.82, 2.24) is 20.0 Å². The fourth-order valence-electron chi connectivity index (χ4n) is 4.79. The fourth-order valence-corrected chi connectivity index (χ4v) is 8.19. The highest BCUT2D eigenvalue weighted by Crippen LogP contribution is 2.67. The molecule has 0 saturated carbocycles. The SMILES string of the molecule is CC1(C)C(NC(=O)O)=N[C@](C)(c2cc(NC(=O)c3cnc(OCC(F)(F)C(F)F)cn3)ccc2F)[C@@H]2CCNS21O. The van der Waals surface area contributed by atoms with Gasteiger partial charge in [0.1, 0.15) is 22.9 Å². The number of carbonyl (C=O) groups excluding carboxylic acids is 1. The maximum absolute atomic E-state index is 15.3. The number of nitrogens with zero attached hydrogens (tertiary/aromatic N) is 3. The summed E-state index contributed by atoms with van der Waals surface area (Å²) in [4.78, 5) is 36.3. The molecule has 0 aliphatic carbocycles. The van der Waals surface area contributed by atoms with Crippen LogP contribution < -0.4 is 20.1 Å². The number of rotatable bonds is 7. The summed E-state index contributed by atoms with van der Waals surface area (Å²) in [6, 6.07) is 3.65. The third kappa shape index (κ3) is 5.52. The Labute approximate surface area is 232 Å². The average molecular weight is 607 g/mol. The van der Waals surface area contributed by atoms with Crippen molar-refractivity contribution in [3.05, 3.63) is 47.7 Å². The summed E-state index contributed by atoms with van der Waals surface area (Å²) in [5.41, 5.74) is -1.64. The molecule has 11 nitrogen and oxygen atoms in total. The van der Waals surface area contributed by atoms with E-state index in [0.29, 0.717) is 13.0 Å². The summed E-state index contributed by atoms with van der Waals surface area (Å²) in [6.07, 6.45) is -3.24. The van der Waals surface area contributed by atoms with Crippen LogP contribution in [-0.2, 0) is 5.54 Å². The highest BCUT2D eigenvalue weighted by Gasteiger charge is 2.61. The van der Waals surface area contributed by atoms with Crippen LogP contribution in [0.15, 0.2) is 35.6 Å². The van der Waals surface area contributed by atoms with Crippen molar-refractivity contribution < 1.29 is 45.9 Å². The van der Waals surface area contributed by atoms with E-state index in [1.165, 1.54) is 12.1 Å². The molecule has 2 amide bonds. The predicted molar refractivity (Wildman–Crippen MR) is 139 cm³/mol. The number of nitrogens with one attached hydrogen (secondary N) is 3. The number of benzene rings is 1. The number of aliphatic imine (C=N–C) groups is 1. The number of alkyl halides is 4. The van der Waals surface area contributed by atoms with Gasteiger partial charge in [0.05, 0.1) is 22.4 Å². The van der Waals surface area contributed by atoms with Crippen molar-refractivity contribution in [1.29, 1.82) is 0 Å². The maximum Gasteiger partial charge on any atom is 0.410 e. The number of hydrogen-bond donors (Lipinski definition) is 5. The van der Waals surface area contributed by atoms with E-state index in [1.54, 1.807) is 20.8 Å². The number of anilines is 1. The minimum atomic E-state index is -4.40. The van der Waals surface area contributed by atoms with E-state index >= 15 is 4.39 Å². The Morgan fingerprint density at radius 1 is 1.22 bits per heavy atom. The molecule has 2 aliphatic heterocycles. The molecule has 17 heteroatoms. The van der Waals surface area contributed by atoms with Gasteiger partial charge in [-0.2, -0.15) is 8.78 Å². The van der Waals surface area contributed by atoms with Crippen molar-refractivity contribution in [2.75, 3.05) is 18.5 Å². The quantitative estimate of drug-likeness (QED) is 0.291. The van der Waals surface area contributed by atoms with Crippen LogP contribution in [0.25, 0.3) is 0 Å². The predicted octanol–water partition coefficient (Wildman–Crippen LogP) is 4.38. The number of fused-ring (bicyclic) bond motifs is 1. The van der Waals surface area contributed by atoms with Crippen LogP contribution in [0.5, 0.6) is 5.88 Å². The van der Waals surface area contributed by atoms with Gasteiger partial charge in [0, 0.05) is 17.8 Å². The van der Waals surface area contributed by atoms with E-state index in [1.807, 2.05) is 0 Å². The second-order valence-electron chi connectivity index (χ2n) is 10.1. The molecule has 41 heavy (non-hydrogen) atoms. The van der Waals surface area contributed by atoms with Gasteiger partial charge in [-0.05, 0) is 45.4 Å². The topological polar surface area (TPSA) is 158 Å². The van der Waals surface area contributed by atoms with E-state index in [0.717, 1.165) is 18.5 Å². The molecule has 1 aromatic carbocycles. The number of carbonyl (C=O) groups is 2. The Morgan fingerprint density at radius 2 is 1.93 bits per heavy atom. The van der Waals surface area contributed by atoms with Gasteiger partial charge in [-0.25, -0.2) is 27.9 Å². The standard InChI is InChI=1S/C24H27F5N6O5S/c1-22(2)20(34-21(37)38)35-23(3,16-6-7-32-41(16,22)39)13-8-12(4-5-14(13)25)33-18(36)15-9-31-17(10-30-15)40-11-24(28,29)19(26)27/h4-5,8-10,16,19,32,39H,6-7,11H2,1-3H3,(H,33,36)(H,34,35)(H,37,38)/t16-,23+/m0/s1. The van der Waals surface area contributed by atoms with Gasteiger partial charge in [-0.1, -0.05) is 10.5 Å². The minimum Gasteiger partial charge on any atom is -0.470 e. The van der Waals surface area contributed by atoms with Gasteiger partial charge in [-0.3, -0.25) is 19.8 Å². The summed E-state index contributed by atoms with van der Waals surface area (Å²) in [5, 5.41) is 13.5. The monoisotopic (exact) mass is 606 g/mol. The van der Waals surface area contributed by atoms with Crippen molar-refractivity contribution in [3.63, 3.8) is 0 Å². The molecule has 1 unspecified atom stereocenters. The number of aromatic nitrogens is 2. The molecule has 2 aliphatic rings. The summed E-state index contributed by atoms with van der Waals surface area (Å²) in [6.45, 7) is 3.63. The van der Waals surface area contributed by atoms with E-state index in [4.69, 9.17) is 0 Å². The van der Waals surface area contributed by atoms with Crippen molar-refractivity contribution in [2.24, 2.45) is 4.99 Å². The van der Waals surface area contributed by atoms with E-state index in [2.05, 4.69) is 35.1 Å². The van der Waals surface area contributed by atoms with Crippen molar-refractivity contribution in [3.8, 4) is 5.88 Å². The van der Waals surface area contributed by atoms with Gasteiger partial charge >= 0.3 is 18.4 Å². The van der Waals surface area contributed by atoms with Gasteiger partial charge < -0.3 is 19.7 Å². The molecule has 0 spiro atoms. The van der Waals surface area contributed by atoms with Crippen LogP contribution in [0.3, 0.4) is 0 Å². The first-order valence-corrected chi connectivity index (χ1v) is 13.8. The van der Waals surface area contributed by atoms with E-state index in [-0.39, 0.29) is 22.8 Å². The fraction of sp³-hybridized carbons (Fsp3) is 0.458. The van der Waals surface area contributed by atoms with E-state index in [9.17, 15) is 36.8 Å². The van der Waals surface area contributed by atoms with Gasteiger partial charge in [-0.15, -0.1) is 0 Å². The lowest BCUT2D eigenvalue weighted by molar-refractivity contribution is -0.148. The summed E-state index contributed by atoms with van der Waals surface area (Å²) >= 11 is 0. The molecule has 0 radical (unpaired) electrons. The largest absolute Gasteiger partial charge is 0.470 e. The Hall–Kier alpha value is -3.57. The molecule has 1 aromatic heterocycles. The second kappa shape index (κ2) is 10.7. The third-order valence-corrected chi connectivity index (χ3v) is 11.0. The lowest BCUT2D eigenvalue weighted by Gasteiger charge is -2.56. The zero-order chi connectivity index (χ0) is 30.4. The molecule has 2 aromatic rings. The Kier molecular flexibility index (Phi) is 7.92. The van der Waals surface area contributed by atoms with Crippen LogP contribution in [0.4, 0.5) is 32.4 Å². The van der Waals surface area contributed by atoms with Gasteiger partial charge in [0.25, 0.3) is 5.91 Å². The molecule has 3 heterocycles. The van der Waals surface area contributed by atoms with Crippen molar-refractivity contribution >= 4 is 34.0 Å². The van der Waals surface area contributed by atoms with Crippen LogP contribution in [-0.4, -0.2) is 73.0 Å². The number of amidine groups is 1. The van der Waals surface area contributed by atoms with Crippen LogP contribution >= 0.6 is 10.5 Å². The number of carboxylic acid groups (broad SMARTS) is 1. The Balaban J connectivity index is 1.60. The molecule has 3 atom stereocenters. The number of amides is 2. The first-order chi connectivity index (χ1) is 19.0. The van der Waals surface area contributed by atoms with Crippen molar-refractivity contribution in [2.45, 2.75) is 55.1 Å². The molecule has 5 N–H and O–H groups in total. The normalized spacial score (nSPS) is 26.9. The summed E-state index contributed by atoms with van der Waals surface area (Å²) in [5.74, 6) is -6.49. The summed E-state index contributed by atoms with van der Waals surface area (Å²) in [7, 11) is -2.77. The molecular weight excluding hydrogens is 579 g/mol. The maximum atomic E-state index is 15.3. The van der Waals surface area contributed by atoms with Gasteiger partial charge in [0.15, 0.2) is 6.61 Å².